The normalized spacial score (nSPS) is 15.7. The maximum atomic E-state index is 9.50. The third-order valence-electron chi connectivity index (χ3n) is 8.86. The van der Waals surface area contributed by atoms with Crippen molar-refractivity contribution in [2.75, 3.05) is 0 Å². The fraction of sp³-hybridized carbons (Fsp3) is 0. The Morgan fingerprint density at radius 1 is 0.383 bits per heavy atom. The van der Waals surface area contributed by atoms with Crippen molar-refractivity contribution in [3.05, 3.63) is 170 Å². The lowest BCUT2D eigenvalue weighted by atomic mass is 9.84. The molecule has 1 aromatic heterocycles. The summed E-state index contributed by atoms with van der Waals surface area (Å²) in [6.45, 7) is 0. The van der Waals surface area contributed by atoms with Gasteiger partial charge in [0.2, 0.25) is 0 Å². The molecule has 0 amide bonds. The molecule has 0 aliphatic heterocycles. The SMILES string of the molecule is [2H]c1c([2H])c(-c2c3ccccc3c(-c3c([2H])c([2H])c([2H])c4oc5c6c([2H])c([2H])c([2H])c([2H])c6c([2H])c([2H])c5c34)c3ccccc23)c([2H])c([2H])c1-c1cccc2ccccc12. The molecule has 0 spiro atoms. The monoisotopic (exact) mass is 609 g/mol. The van der Waals surface area contributed by atoms with Crippen molar-refractivity contribution >= 4 is 65.0 Å². The predicted molar refractivity (Wildman–Crippen MR) is 200 cm³/mol. The maximum Gasteiger partial charge on any atom is 0.143 e. The Hall–Kier alpha value is -6.18. The lowest BCUT2D eigenvalue weighted by molar-refractivity contribution is 0.673. The number of hydrogen-bond donors (Lipinski definition) is 0. The van der Waals surface area contributed by atoms with Crippen LogP contribution in [0.4, 0.5) is 0 Å². The van der Waals surface area contributed by atoms with E-state index in [0.29, 0.717) is 38.2 Å². The van der Waals surface area contributed by atoms with Gasteiger partial charge in [-0.3, -0.25) is 0 Å². The summed E-state index contributed by atoms with van der Waals surface area (Å²) in [6, 6.07) is 21.9. The molecule has 0 N–H and O–H groups in total. The van der Waals surface area contributed by atoms with E-state index in [9.17, 15) is 8.22 Å². The zero-order valence-electron chi connectivity index (χ0n) is 37.6. The first-order chi connectivity index (χ1) is 28.8. The molecule has 0 radical (unpaired) electrons. The highest BCUT2D eigenvalue weighted by atomic mass is 16.3. The Balaban J connectivity index is 1.37. The molecule has 0 unspecified atom stereocenters. The zero-order chi connectivity index (χ0) is 42.2. The van der Waals surface area contributed by atoms with Crippen molar-refractivity contribution < 1.29 is 22.2 Å². The van der Waals surface area contributed by atoms with Gasteiger partial charge in [0.25, 0.3) is 0 Å². The average Bonchev–Trinajstić information content (AvgIpc) is 3.65. The van der Waals surface area contributed by atoms with Crippen LogP contribution in [-0.2, 0) is 0 Å². The molecule has 1 nitrogen and oxygen atoms in total. The molecular formula is C46H28O. The molecule has 0 saturated heterocycles. The lowest BCUT2D eigenvalue weighted by Gasteiger charge is -2.18. The second-order valence-electron chi connectivity index (χ2n) is 11.4. The number of fused-ring (bicyclic) bond motifs is 8. The second kappa shape index (κ2) is 10.2. The number of rotatable bonds is 3. The maximum absolute atomic E-state index is 9.50. The highest BCUT2D eigenvalue weighted by molar-refractivity contribution is 6.27. The third-order valence-corrected chi connectivity index (χ3v) is 8.86. The summed E-state index contributed by atoms with van der Waals surface area (Å²) in [6.07, 6.45) is 0. The van der Waals surface area contributed by atoms with E-state index in [4.69, 9.17) is 14.0 Å². The van der Waals surface area contributed by atoms with E-state index in [1.165, 1.54) is 0 Å². The van der Waals surface area contributed by atoms with E-state index in [0.717, 1.165) is 10.8 Å². The van der Waals surface area contributed by atoms with Gasteiger partial charge in [-0.05, 0) is 83.2 Å². The Bertz CT molecular complexity index is 3500. The van der Waals surface area contributed by atoms with Crippen LogP contribution < -0.4 is 0 Å². The predicted octanol–water partition coefficient (Wildman–Crippen LogP) is 13.2. The van der Waals surface area contributed by atoms with E-state index in [1.54, 1.807) is 54.6 Å². The van der Waals surface area contributed by atoms with Gasteiger partial charge in [-0.25, -0.2) is 0 Å². The van der Waals surface area contributed by atoms with Gasteiger partial charge in [-0.15, -0.1) is 0 Å². The third kappa shape index (κ3) is 3.90. The quantitative estimate of drug-likeness (QED) is 0.182. The van der Waals surface area contributed by atoms with Gasteiger partial charge in [-0.2, -0.15) is 0 Å². The van der Waals surface area contributed by atoms with Crippen molar-refractivity contribution in [3.8, 4) is 33.4 Å². The molecule has 0 aliphatic carbocycles. The summed E-state index contributed by atoms with van der Waals surface area (Å²) in [4.78, 5) is 0. The molecule has 0 bridgehead atoms. The molecule has 1 heteroatoms. The summed E-state index contributed by atoms with van der Waals surface area (Å²) < 4.78 is 124. The van der Waals surface area contributed by atoms with Gasteiger partial charge < -0.3 is 4.42 Å². The summed E-state index contributed by atoms with van der Waals surface area (Å²) >= 11 is 0. The Morgan fingerprint density at radius 3 is 1.79 bits per heavy atom. The van der Waals surface area contributed by atoms with Crippen molar-refractivity contribution in [2.24, 2.45) is 0 Å². The minimum atomic E-state index is -0.581. The minimum Gasteiger partial charge on any atom is -0.455 e. The summed E-state index contributed by atoms with van der Waals surface area (Å²) in [5.41, 5.74) is 1.31. The molecule has 10 rings (SSSR count). The van der Waals surface area contributed by atoms with Crippen LogP contribution in [0.25, 0.3) is 98.4 Å². The molecular weight excluding hydrogens is 569 g/mol. The van der Waals surface area contributed by atoms with Crippen molar-refractivity contribution in [1.29, 1.82) is 0 Å². The van der Waals surface area contributed by atoms with E-state index in [1.807, 2.05) is 36.4 Å². The largest absolute Gasteiger partial charge is 0.455 e. The average molecular weight is 610 g/mol. The van der Waals surface area contributed by atoms with E-state index < -0.39 is 48.3 Å². The molecule has 0 fully saturated rings. The van der Waals surface area contributed by atoms with Gasteiger partial charge >= 0.3 is 0 Å². The highest BCUT2D eigenvalue weighted by Gasteiger charge is 2.21. The van der Waals surface area contributed by atoms with Gasteiger partial charge in [0.05, 0.1) is 17.8 Å². The second-order valence-corrected chi connectivity index (χ2v) is 11.4. The number of furan rings is 1. The molecule has 47 heavy (non-hydrogen) atoms. The molecule has 10 aromatic rings. The van der Waals surface area contributed by atoms with Crippen LogP contribution in [0.1, 0.15) is 17.8 Å². The van der Waals surface area contributed by atoms with Crippen LogP contribution in [0.15, 0.2) is 174 Å². The first-order valence-electron chi connectivity index (χ1n) is 21.6. The van der Waals surface area contributed by atoms with Crippen molar-refractivity contribution in [3.63, 3.8) is 0 Å². The van der Waals surface area contributed by atoms with E-state index >= 15 is 0 Å². The first-order valence-corrected chi connectivity index (χ1v) is 15.1. The Labute approximate surface area is 290 Å². The number of hydrogen-bond acceptors (Lipinski definition) is 1. The van der Waals surface area contributed by atoms with Gasteiger partial charge in [0.15, 0.2) is 0 Å². The van der Waals surface area contributed by atoms with E-state index in [-0.39, 0.29) is 79.6 Å². The minimum absolute atomic E-state index is 0.0506. The summed E-state index contributed by atoms with van der Waals surface area (Å²) in [5.74, 6) is 0. The van der Waals surface area contributed by atoms with Crippen molar-refractivity contribution in [2.45, 2.75) is 0 Å². The highest BCUT2D eigenvalue weighted by Crippen LogP contribution is 2.47. The Kier molecular flexibility index (Phi) is 3.55. The first kappa shape index (κ1) is 16.4. The van der Waals surface area contributed by atoms with Gasteiger partial charge in [0.1, 0.15) is 11.2 Å². The number of benzene rings is 9. The van der Waals surface area contributed by atoms with E-state index in [2.05, 4.69) is 0 Å². The lowest BCUT2D eigenvalue weighted by Crippen LogP contribution is -1.91. The summed E-state index contributed by atoms with van der Waals surface area (Å²) in [5, 5.41) is 3.27. The molecule has 1 heterocycles. The van der Waals surface area contributed by atoms with Crippen molar-refractivity contribution in [1.82, 2.24) is 0 Å². The van der Waals surface area contributed by atoms with Crippen LogP contribution in [0.5, 0.6) is 0 Å². The topological polar surface area (TPSA) is 13.1 Å². The van der Waals surface area contributed by atoms with Gasteiger partial charge in [-0.1, -0.05) is 157 Å². The fourth-order valence-corrected chi connectivity index (χ4v) is 6.84. The molecule has 0 atom stereocenters. The summed E-state index contributed by atoms with van der Waals surface area (Å²) in [7, 11) is 0. The van der Waals surface area contributed by atoms with Crippen LogP contribution in [0.2, 0.25) is 0 Å². The van der Waals surface area contributed by atoms with Crippen LogP contribution >= 0.6 is 0 Å². The fourth-order valence-electron chi connectivity index (χ4n) is 6.84. The molecule has 0 saturated carbocycles. The Morgan fingerprint density at radius 2 is 1.02 bits per heavy atom. The van der Waals surface area contributed by atoms with Crippen LogP contribution in [0, 0.1) is 0 Å². The van der Waals surface area contributed by atoms with Gasteiger partial charge in [0, 0.05) is 16.2 Å². The zero-order valence-corrected chi connectivity index (χ0v) is 24.6. The molecule has 0 aliphatic rings. The van der Waals surface area contributed by atoms with Crippen LogP contribution in [0.3, 0.4) is 0 Å². The molecule has 218 valence electrons. The smallest absolute Gasteiger partial charge is 0.143 e. The standard InChI is InChI=1S/C46H28O/c1-3-14-33-29(11-1)13-9-20-34(33)31-23-25-32(26-24-31)43-36-16-5-7-18-38(36)44(39-19-8-6-17-37(39)43)40-21-10-22-42-45(40)41-28-27-30-12-2-4-15-35(30)46(41)47-42/h1-28H/i2D,4D,10D,12D,15D,21D,22D,23D,24D,25D,26D,27D,28D. The van der Waals surface area contributed by atoms with Crippen LogP contribution in [-0.4, -0.2) is 0 Å². The molecule has 9 aromatic carbocycles.